The van der Waals surface area contributed by atoms with Gasteiger partial charge in [0, 0.05) is 38.2 Å². The molecule has 0 saturated carbocycles. The lowest BCUT2D eigenvalue weighted by atomic mass is 10.0. The van der Waals surface area contributed by atoms with Crippen molar-refractivity contribution in [2.24, 2.45) is 0 Å². The van der Waals surface area contributed by atoms with Crippen molar-refractivity contribution in [3.63, 3.8) is 0 Å². The molecule has 1 saturated heterocycles. The smallest absolute Gasteiger partial charge is 0.331 e. The Morgan fingerprint density at radius 3 is 2.19 bits per heavy atom. The second-order valence-electron chi connectivity index (χ2n) is 5.32. The van der Waals surface area contributed by atoms with E-state index in [-0.39, 0.29) is 12.2 Å². The van der Waals surface area contributed by atoms with Crippen LogP contribution in [0.1, 0.15) is 26.2 Å². The largest absolute Gasteiger partial charge is 0.455 e. The Kier molecular flexibility index (Phi) is 6.20. The number of hydrogen-bond donors (Lipinski definition) is 0. The summed E-state index contributed by atoms with van der Waals surface area (Å²) in [5.41, 5.74) is 0. The summed E-state index contributed by atoms with van der Waals surface area (Å²) in [4.78, 5) is 25.5. The zero-order valence-electron chi connectivity index (χ0n) is 12.5. The molecule has 0 spiro atoms. The van der Waals surface area contributed by atoms with Crippen LogP contribution in [-0.4, -0.2) is 61.9 Å². The average molecular weight is 297 g/mol. The minimum atomic E-state index is -0.472. The fourth-order valence-corrected chi connectivity index (χ4v) is 2.57. The van der Waals surface area contributed by atoms with Crippen LogP contribution in [0.4, 0.5) is 0 Å². The summed E-state index contributed by atoms with van der Waals surface area (Å²) in [5, 5.41) is 0. The van der Waals surface area contributed by atoms with Gasteiger partial charge in [-0.15, -0.1) is 0 Å². The number of morpholine rings is 1. The lowest BCUT2D eigenvalue weighted by Gasteiger charge is -2.31. The highest BCUT2D eigenvalue weighted by Crippen LogP contribution is 2.18. The molecule has 6 heteroatoms. The van der Waals surface area contributed by atoms with E-state index in [1.165, 1.54) is 0 Å². The molecule has 2 heterocycles. The molecule has 2 unspecified atom stereocenters. The predicted molar refractivity (Wildman–Crippen MR) is 75.7 cm³/mol. The number of hydrogen-bond acceptors (Lipinski definition) is 6. The van der Waals surface area contributed by atoms with Crippen LogP contribution in [0.25, 0.3) is 0 Å². The number of carbonyl (C=O) groups excluding carboxylic acids is 2. The molecule has 0 N–H and O–H groups in total. The van der Waals surface area contributed by atoms with Crippen LogP contribution in [0.3, 0.4) is 0 Å². The molecule has 0 radical (unpaired) electrons. The van der Waals surface area contributed by atoms with Gasteiger partial charge in [0.2, 0.25) is 0 Å². The summed E-state index contributed by atoms with van der Waals surface area (Å²) >= 11 is 0. The van der Waals surface area contributed by atoms with E-state index in [2.05, 4.69) is 4.90 Å². The van der Waals surface area contributed by atoms with Gasteiger partial charge in [-0.05, 0) is 6.42 Å². The van der Waals surface area contributed by atoms with Crippen LogP contribution < -0.4 is 0 Å². The zero-order valence-corrected chi connectivity index (χ0v) is 12.5. The molecule has 2 rings (SSSR count). The monoisotopic (exact) mass is 297 g/mol. The Morgan fingerprint density at radius 2 is 1.62 bits per heavy atom. The highest BCUT2D eigenvalue weighted by Gasteiger charge is 2.29. The number of esters is 2. The molecule has 2 atom stereocenters. The van der Waals surface area contributed by atoms with Crippen molar-refractivity contribution in [3.05, 3.63) is 12.2 Å². The highest BCUT2D eigenvalue weighted by molar-refractivity contribution is 5.92. The number of nitrogens with zero attached hydrogens (tertiary/aromatic N) is 1. The van der Waals surface area contributed by atoms with Crippen molar-refractivity contribution in [1.82, 2.24) is 4.90 Å². The Morgan fingerprint density at radius 1 is 1.05 bits per heavy atom. The molecular weight excluding hydrogens is 274 g/mol. The van der Waals surface area contributed by atoms with E-state index in [1.54, 1.807) is 0 Å². The maximum absolute atomic E-state index is 11.6. The summed E-state index contributed by atoms with van der Waals surface area (Å²) in [6, 6.07) is 0. The quantitative estimate of drug-likeness (QED) is 0.703. The van der Waals surface area contributed by atoms with Crippen molar-refractivity contribution in [1.29, 1.82) is 0 Å². The normalized spacial score (nSPS) is 29.2. The summed E-state index contributed by atoms with van der Waals surface area (Å²) in [6.45, 7) is 6.07. The standard InChI is InChI=1S/C15H23NO5/c1-2-3-12-13(6-7-16-8-10-19-11-9-16)21-15(18)5-4-14(17)20-12/h4-5,12-13H,2-3,6-11H2,1H3/b5-4+. The van der Waals surface area contributed by atoms with E-state index in [0.29, 0.717) is 12.8 Å². The molecule has 6 nitrogen and oxygen atoms in total. The molecule has 0 aliphatic carbocycles. The first-order chi connectivity index (χ1) is 10.2. The van der Waals surface area contributed by atoms with Crippen LogP contribution in [0.2, 0.25) is 0 Å². The van der Waals surface area contributed by atoms with Crippen molar-refractivity contribution in [2.75, 3.05) is 32.8 Å². The Hall–Kier alpha value is -1.40. The average Bonchev–Trinajstić information content (AvgIpc) is 2.49. The fraction of sp³-hybridized carbons (Fsp3) is 0.733. The van der Waals surface area contributed by atoms with E-state index < -0.39 is 11.9 Å². The molecule has 118 valence electrons. The van der Waals surface area contributed by atoms with Gasteiger partial charge in [-0.1, -0.05) is 13.3 Å². The van der Waals surface area contributed by atoms with Crippen LogP contribution in [0.5, 0.6) is 0 Å². The van der Waals surface area contributed by atoms with Crippen molar-refractivity contribution in [3.8, 4) is 0 Å². The van der Waals surface area contributed by atoms with Gasteiger partial charge in [0.15, 0.2) is 0 Å². The zero-order chi connectivity index (χ0) is 15.1. The maximum atomic E-state index is 11.6. The molecule has 0 aromatic rings. The van der Waals surface area contributed by atoms with Crippen LogP contribution in [0.15, 0.2) is 12.2 Å². The van der Waals surface area contributed by atoms with Gasteiger partial charge >= 0.3 is 11.9 Å². The third-order valence-electron chi connectivity index (χ3n) is 3.71. The van der Waals surface area contributed by atoms with Gasteiger partial charge in [0.1, 0.15) is 12.2 Å². The van der Waals surface area contributed by atoms with E-state index >= 15 is 0 Å². The lowest BCUT2D eigenvalue weighted by molar-refractivity contribution is -0.165. The fourth-order valence-electron chi connectivity index (χ4n) is 2.57. The second-order valence-corrected chi connectivity index (χ2v) is 5.32. The SMILES string of the molecule is CCCC1OC(=O)/C=C/C(=O)OC1CCN1CCOCC1. The predicted octanol–water partition coefficient (Wildman–Crippen LogP) is 0.902. The summed E-state index contributed by atoms with van der Waals surface area (Å²) in [7, 11) is 0. The lowest BCUT2D eigenvalue weighted by Crippen LogP contribution is -2.42. The van der Waals surface area contributed by atoms with E-state index in [4.69, 9.17) is 14.2 Å². The van der Waals surface area contributed by atoms with Crippen LogP contribution in [0, 0.1) is 0 Å². The number of cyclic esters (lactones) is 2. The van der Waals surface area contributed by atoms with Crippen LogP contribution in [-0.2, 0) is 23.8 Å². The first-order valence-corrected chi connectivity index (χ1v) is 7.58. The van der Waals surface area contributed by atoms with Gasteiger partial charge in [-0.2, -0.15) is 0 Å². The minimum Gasteiger partial charge on any atom is -0.455 e. The summed E-state index contributed by atoms with van der Waals surface area (Å²) in [5.74, 6) is -0.943. The van der Waals surface area contributed by atoms with E-state index in [9.17, 15) is 9.59 Å². The molecule has 0 aromatic heterocycles. The third kappa shape index (κ3) is 5.13. The topological polar surface area (TPSA) is 65.1 Å². The van der Waals surface area contributed by atoms with Gasteiger partial charge in [-0.3, -0.25) is 4.90 Å². The molecule has 2 aliphatic heterocycles. The molecule has 21 heavy (non-hydrogen) atoms. The molecule has 2 aliphatic rings. The second kappa shape index (κ2) is 8.14. The van der Waals surface area contributed by atoms with E-state index in [1.807, 2.05) is 6.92 Å². The highest BCUT2D eigenvalue weighted by atomic mass is 16.6. The summed E-state index contributed by atoms with van der Waals surface area (Å²) in [6.07, 6.45) is 3.74. The van der Waals surface area contributed by atoms with Gasteiger partial charge in [0.05, 0.1) is 13.2 Å². The minimum absolute atomic E-state index is 0.363. The molecular formula is C15H23NO5. The Bertz CT molecular complexity index is 390. The maximum Gasteiger partial charge on any atom is 0.331 e. The third-order valence-corrected chi connectivity index (χ3v) is 3.71. The van der Waals surface area contributed by atoms with Gasteiger partial charge in [0.25, 0.3) is 0 Å². The van der Waals surface area contributed by atoms with Gasteiger partial charge in [-0.25, -0.2) is 9.59 Å². The van der Waals surface area contributed by atoms with Crippen molar-refractivity contribution in [2.45, 2.75) is 38.4 Å². The van der Waals surface area contributed by atoms with Crippen molar-refractivity contribution < 1.29 is 23.8 Å². The molecule has 0 aromatic carbocycles. The molecule has 0 amide bonds. The first kappa shape index (κ1) is 16.0. The van der Waals surface area contributed by atoms with E-state index in [0.717, 1.165) is 51.4 Å². The molecule has 0 bridgehead atoms. The van der Waals surface area contributed by atoms with Crippen LogP contribution >= 0.6 is 0 Å². The van der Waals surface area contributed by atoms with Crippen molar-refractivity contribution >= 4 is 11.9 Å². The Balaban J connectivity index is 1.95. The molecule has 1 fully saturated rings. The Labute approximate surface area is 125 Å². The van der Waals surface area contributed by atoms with Gasteiger partial charge < -0.3 is 14.2 Å². The first-order valence-electron chi connectivity index (χ1n) is 7.58. The number of rotatable bonds is 5. The number of carbonyl (C=O) groups is 2. The number of ether oxygens (including phenoxy) is 3. The summed E-state index contributed by atoms with van der Waals surface area (Å²) < 4.78 is 16.1.